The summed E-state index contributed by atoms with van der Waals surface area (Å²) < 4.78 is 0.922. The molecule has 5 heteroatoms. The summed E-state index contributed by atoms with van der Waals surface area (Å²) in [6.45, 7) is 3.28. The molecular weight excluding hydrogens is 256 g/mol. The fourth-order valence-corrected chi connectivity index (χ4v) is 2.40. The Morgan fingerprint density at radius 1 is 1.53 bits per heavy atom. The van der Waals surface area contributed by atoms with Gasteiger partial charge in [0.2, 0.25) is 5.95 Å². The van der Waals surface area contributed by atoms with Gasteiger partial charge in [-0.15, -0.1) is 0 Å². The van der Waals surface area contributed by atoms with Crippen molar-refractivity contribution in [2.75, 3.05) is 17.2 Å². The molecule has 0 saturated carbocycles. The smallest absolute Gasteiger partial charge is 0.222 e. The van der Waals surface area contributed by atoms with Crippen molar-refractivity contribution >= 4 is 27.7 Å². The first kappa shape index (κ1) is 10.7. The third-order valence-corrected chi connectivity index (χ3v) is 3.38. The fourth-order valence-electron chi connectivity index (χ4n) is 1.99. The molecule has 1 aromatic heterocycles. The molecule has 0 amide bonds. The lowest BCUT2D eigenvalue weighted by atomic mass is 10.0. The van der Waals surface area contributed by atoms with Crippen molar-refractivity contribution < 1.29 is 0 Å². The number of nitrogens with two attached hydrogens (primary N) is 1. The number of nitrogen functional groups attached to an aromatic ring is 1. The van der Waals surface area contributed by atoms with Gasteiger partial charge in [0.25, 0.3) is 0 Å². The van der Waals surface area contributed by atoms with E-state index in [2.05, 4.69) is 37.7 Å². The van der Waals surface area contributed by atoms with Crippen LogP contribution in [-0.4, -0.2) is 22.6 Å². The Balaban J connectivity index is 2.30. The van der Waals surface area contributed by atoms with E-state index in [-0.39, 0.29) is 0 Å². The summed E-state index contributed by atoms with van der Waals surface area (Å²) in [7, 11) is 0. The van der Waals surface area contributed by atoms with Crippen LogP contribution in [0, 0.1) is 0 Å². The first-order chi connectivity index (χ1) is 7.18. The summed E-state index contributed by atoms with van der Waals surface area (Å²) in [4.78, 5) is 10.5. The monoisotopic (exact) mass is 270 g/mol. The summed E-state index contributed by atoms with van der Waals surface area (Å²) in [5, 5.41) is 0. The highest BCUT2D eigenvalue weighted by Gasteiger charge is 2.21. The van der Waals surface area contributed by atoms with Gasteiger partial charge in [0.1, 0.15) is 5.82 Å². The van der Waals surface area contributed by atoms with E-state index in [1.54, 1.807) is 6.20 Å². The Labute approximate surface area is 98.0 Å². The molecule has 4 nitrogen and oxygen atoms in total. The Hall–Kier alpha value is -0.840. The minimum atomic E-state index is 0.339. The Bertz CT molecular complexity index is 355. The van der Waals surface area contributed by atoms with Gasteiger partial charge in [-0.05, 0) is 42.1 Å². The van der Waals surface area contributed by atoms with Gasteiger partial charge < -0.3 is 10.6 Å². The first-order valence-electron chi connectivity index (χ1n) is 5.23. The molecule has 1 fully saturated rings. The van der Waals surface area contributed by atoms with Crippen molar-refractivity contribution in [3.63, 3.8) is 0 Å². The number of rotatable bonds is 1. The lowest BCUT2D eigenvalue weighted by Gasteiger charge is -2.34. The molecule has 2 N–H and O–H groups in total. The van der Waals surface area contributed by atoms with Crippen LogP contribution in [-0.2, 0) is 0 Å². The molecule has 15 heavy (non-hydrogen) atoms. The molecule has 82 valence electrons. The van der Waals surface area contributed by atoms with Gasteiger partial charge in [0.05, 0.1) is 4.47 Å². The molecule has 1 aliphatic rings. The van der Waals surface area contributed by atoms with Crippen molar-refractivity contribution in [2.24, 2.45) is 0 Å². The second-order valence-corrected chi connectivity index (χ2v) is 4.79. The number of halogens is 1. The fraction of sp³-hybridized carbons (Fsp3) is 0.600. The standard InChI is InChI=1S/C10H15BrN4/c1-7-4-2-3-5-15(7)9-8(11)6-13-10(12)14-9/h6-7H,2-5H2,1H3,(H2,12,13,14). The van der Waals surface area contributed by atoms with Crippen molar-refractivity contribution in [3.8, 4) is 0 Å². The maximum atomic E-state index is 5.61. The zero-order valence-corrected chi connectivity index (χ0v) is 10.4. The molecule has 2 rings (SSSR count). The highest BCUT2D eigenvalue weighted by molar-refractivity contribution is 9.10. The van der Waals surface area contributed by atoms with Crippen LogP contribution in [0.25, 0.3) is 0 Å². The van der Waals surface area contributed by atoms with Crippen molar-refractivity contribution in [2.45, 2.75) is 32.2 Å². The number of hydrogen-bond acceptors (Lipinski definition) is 4. The second-order valence-electron chi connectivity index (χ2n) is 3.94. The van der Waals surface area contributed by atoms with Crippen LogP contribution in [0.15, 0.2) is 10.7 Å². The van der Waals surface area contributed by atoms with Crippen molar-refractivity contribution in [1.82, 2.24) is 9.97 Å². The predicted octanol–water partition coefficient (Wildman–Crippen LogP) is 2.20. The number of aromatic nitrogens is 2. The normalized spacial score (nSPS) is 21.7. The lowest BCUT2D eigenvalue weighted by Crippen LogP contribution is -2.38. The molecule has 0 radical (unpaired) electrons. The zero-order valence-electron chi connectivity index (χ0n) is 8.78. The zero-order chi connectivity index (χ0) is 10.8. The molecule has 0 aliphatic carbocycles. The minimum Gasteiger partial charge on any atom is -0.368 e. The highest BCUT2D eigenvalue weighted by Crippen LogP contribution is 2.29. The van der Waals surface area contributed by atoms with Crippen LogP contribution in [0.1, 0.15) is 26.2 Å². The number of hydrogen-bond donors (Lipinski definition) is 1. The summed E-state index contributed by atoms with van der Waals surface area (Å²) in [5.74, 6) is 1.26. The Morgan fingerprint density at radius 3 is 3.07 bits per heavy atom. The summed E-state index contributed by atoms with van der Waals surface area (Å²) in [5.41, 5.74) is 5.61. The second kappa shape index (κ2) is 4.35. The number of nitrogens with zero attached hydrogens (tertiary/aromatic N) is 3. The largest absolute Gasteiger partial charge is 0.368 e. The summed E-state index contributed by atoms with van der Waals surface area (Å²) >= 11 is 3.47. The van der Waals surface area contributed by atoms with Gasteiger partial charge in [-0.25, -0.2) is 4.98 Å². The van der Waals surface area contributed by atoms with Gasteiger partial charge in [-0.1, -0.05) is 0 Å². The molecule has 1 aliphatic heterocycles. The van der Waals surface area contributed by atoms with E-state index < -0.39 is 0 Å². The first-order valence-corrected chi connectivity index (χ1v) is 6.02. The molecule has 1 aromatic rings. The van der Waals surface area contributed by atoms with Crippen LogP contribution in [0.5, 0.6) is 0 Å². The lowest BCUT2D eigenvalue weighted by molar-refractivity contribution is 0.480. The summed E-state index contributed by atoms with van der Waals surface area (Å²) in [6.07, 6.45) is 5.46. The molecule has 0 aromatic carbocycles. The van der Waals surface area contributed by atoms with Gasteiger partial charge in [-0.2, -0.15) is 4.98 Å². The van der Waals surface area contributed by atoms with Crippen LogP contribution in [0.3, 0.4) is 0 Å². The number of piperidine rings is 1. The maximum absolute atomic E-state index is 5.61. The van der Waals surface area contributed by atoms with Crippen LogP contribution >= 0.6 is 15.9 Å². The molecule has 1 saturated heterocycles. The van der Waals surface area contributed by atoms with Gasteiger partial charge in [0, 0.05) is 18.8 Å². The van der Waals surface area contributed by atoms with Crippen molar-refractivity contribution in [3.05, 3.63) is 10.7 Å². The van der Waals surface area contributed by atoms with Crippen LogP contribution in [0.4, 0.5) is 11.8 Å². The van der Waals surface area contributed by atoms with Crippen LogP contribution < -0.4 is 10.6 Å². The Kier molecular flexibility index (Phi) is 3.09. The van der Waals surface area contributed by atoms with E-state index in [0.29, 0.717) is 12.0 Å². The maximum Gasteiger partial charge on any atom is 0.222 e. The third-order valence-electron chi connectivity index (χ3n) is 2.82. The number of anilines is 2. The SMILES string of the molecule is CC1CCCCN1c1nc(N)ncc1Br. The molecule has 2 heterocycles. The van der Waals surface area contributed by atoms with E-state index in [9.17, 15) is 0 Å². The minimum absolute atomic E-state index is 0.339. The third kappa shape index (κ3) is 2.22. The van der Waals surface area contributed by atoms with E-state index >= 15 is 0 Å². The quantitative estimate of drug-likeness (QED) is 0.850. The van der Waals surface area contributed by atoms with E-state index in [0.717, 1.165) is 16.8 Å². The van der Waals surface area contributed by atoms with E-state index in [1.165, 1.54) is 19.3 Å². The van der Waals surface area contributed by atoms with E-state index in [4.69, 9.17) is 5.73 Å². The average Bonchev–Trinajstić information content (AvgIpc) is 2.23. The summed E-state index contributed by atoms with van der Waals surface area (Å²) in [6, 6.07) is 0.532. The van der Waals surface area contributed by atoms with Crippen LogP contribution in [0.2, 0.25) is 0 Å². The van der Waals surface area contributed by atoms with Gasteiger partial charge in [-0.3, -0.25) is 0 Å². The average molecular weight is 271 g/mol. The van der Waals surface area contributed by atoms with Gasteiger partial charge >= 0.3 is 0 Å². The van der Waals surface area contributed by atoms with Crippen molar-refractivity contribution in [1.29, 1.82) is 0 Å². The molecule has 1 unspecified atom stereocenters. The molecular formula is C10H15BrN4. The molecule has 0 spiro atoms. The molecule has 0 bridgehead atoms. The highest BCUT2D eigenvalue weighted by atomic mass is 79.9. The van der Waals surface area contributed by atoms with E-state index in [1.807, 2.05) is 0 Å². The predicted molar refractivity (Wildman–Crippen MR) is 64.8 cm³/mol. The Morgan fingerprint density at radius 2 is 2.33 bits per heavy atom. The molecule has 1 atom stereocenters. The topological polar surface area (TPSA) is 55.0 Å². The van der Waals surface area contributed by atoms with Gasteiger partial charge in [0.15, 0.2) is 0 Å².